The predicted octanol–water partition coefficient (Wildman–Crippen LogP) is 2.05. The lowest BCUT2D eigenvalue weighted by Gasteiger charge is -2.31. The number of hydrogen-bond donors (Lipinski definition) is 1. The molecule has 0 aromatic carbocycles. The molecule has 0 aromatic heterocycles. The molecule has 0 aromatic rings. The number of Topliss-reactive ketones (excluding diaryl/α,β-unsaturated/α-hetero) is 1. The molecule has 2 saturated carbocycles. The molecule has 3 nitrogen and oxygen atoms in total. The summed E-state index contributed by atoms with van der Waals surface area (Å²) in [7, 11) is 0. The smallest absolute Gasteiger partial charge is 0.223 e. The zero-order valence-corrected chi connectivity index (χ0v) is 10.00. The van der Waals surface area contributed by atoms with Crippen LogP contribution in [0.4, 0.5) is 0 Å². The van der Waals surface area contributed by atoms with Crippen LogP contribution in [0.15, 0.2) is 0 Å². The Morgan fingerprint density at radius 2 is 1.56 bits per heavy atom. The Hall–Kier alpha value is -0.860. The highest BCUT2D eigenvalue weighted by atomic mass is 16.2. The lowest BCUT2D eigenvalue weighted by Crippen LogP contribution is -2.43. The monoisotopic (exact) mass is 223 g/mol. The van der Waals surface area contributed by atoms with Crippen LogP contribution in [0.1, 0.15) is 51.9 Å². The Morgan fingerprint density at radius 3 is 2.00 bits per heavy atom. The van der Waals surface area contributed by atoms with Gasteiger partial charge >= 0.3 is 0 Å². The Morgan fingerprint density at radius 1 is 0.938 bits per heavy atom. The van der Waals surface area contributed by atoms with Crippen LogP contribution in [0.3, 0.4) is 0 Å². The highest BCUT2D eigenvalue weighted by Gasteiger charge is 2.29. The van der Waals surface area contributed by atoms with Gasteiger partial charge in [-0.3, -0.25) is 9.59 Å². The molecule has 0 unspecified atom stereocenters. The van der Waals surface area contributed by atoms with Crippen molar-refractivity contribution in [2.45, 2.75) is 57.9 Å². The topological polar surface area (TPSA) is 46.2 Å². The molecule has 0 heterocycles. The fraction of sp³-hybridized carbons (Fsp3) is 0.846. The second-order valence-corrected chi connectivity index (χ2v) is 5.30. The molecule has 2 rings (SSSR count). The van der Waals surface area contributed by atoms with E-state index in [1.165, 1.54) is 6.42 Å². The molecule has 90 valence electrons. The second kappa shape index (κ2) is 4.98. The molecule has 0 bridgehead atoms. The molecule has 0 saturated heterocycles. The largest absolute Gasteiger partial charge is 0.353 e. The maximum atomic E-state index is 11.7. The van der Waals surface area contributed by atoms with Gasteiger partial charge in [0.05, 0.1) is 0 Å². The molecular weight excluding hydrogens is 202 g/mol. The van der Waals surface area contributed by atoms with Gasteiger partial charge in [0.1, 0.15) is 5.78 Å². The summed E-state index contributed by atoms with van der Waals surface area (Å²) in [6.07, 6.45) is 7.18. The lowest BCUT2D eigenvalue weighted by atomic mass is 9.82. The molecule has 0 aliphatic heterocycles. The molecule has 1 N–H and O–H groups in total. The number of hydrogen-bond acceptors (Lipinski definition) is 2. The Kier molecular flexibility index (Phi) is 3.62. The van der Waals surface area contributed by atoms with Gasteiger partial charge < -0.3 is 5.32 Å². The zero-order chi connectivity index (χ0) is 11.5. The average molecular weight is 223 g/mol. The van der Waals surface area contributed by atoms with E-state index < -0.39 is 0 Å². The normalized spacial score (nSPS) is 30.6. The standard InChI is InChI=1S/C13H21NO2/c1-9(15)10-5-7-12(8-6-10)14-13(16)11-3-2-4-11/h10-12H,2-8H2,1H3,(H,14,16)/t10-,12-. The van der Waals surface area contributed by atoms with Gasteiger partial charge in [0.25, 0.3) is 0 Å². The maximum Gasteiger partial charge on any atom is 0.223 e. The van der Waals surface area contributed by atoms with E-state index >= 15 is 0 Å². The molecule has 2 aliphatic rings. The first-order chi connectivity index (χ1) is 7.66. The van der Waals surface area contributed by atoms with Crippen LogP contribution < -0.4 is 5.32 Å². The third-order valence-electron chi connectivity index (χ3n) is 4.12. The van der Waals surface area contributed by atoms with Gasteiger partial charge in [0.2, 0.25) is 5.91 Å². The summed E-state index contributed by atoms with van der Waals surface area (Å²) in [6.45, 7) is 1.68. The Bertz CT molecular complexity index is 276. The van der Waals surface area contributed by atoms with E-state index in [4.69, 9.17) is 0 Å². The van der Waals surface area contributed by atoms with Gasteiger partial charge in [-0.2, -0.15) is 0 Å². The quantitative estimate of drug-likeness (QED) is 0.796. The van der Waals surface area contributed by atoms with E-state index in [0.29, 0.717) is 11.8 Å². The van der Waals surface area contributed by atoms with Crippen molar-refractivity contribution in [2.75, 3.05) is 0 Å². The Balaban J connectivity index is 1.72. The number of rotatable bonds is 3. The number of ketones is 1. The molecule has 3 heteroatoms. The van der Waals surface area contributed by atoms with E-state index in [9.17, 15) is 9.59 Å². The first-order valence-corrected chi connectivity index (χ1v) is 6.47. The molecule has 1 amide bonds. The van der Waals surface area contributed by atoms with Crippen molar-refractivity contribution in [3.63, 3.8) is 0 Å². The minimum absolute atomic E-state index is 0.247. The predicted molar refractivity (Wildman–Crippen MR) is 61.9 cm³/mol. The van der Waals surface area contributed by atoms with Crippen LogP contribution in [0, 0.1) is 11.8 Å². The average Bonchev–Trinajstić information content (AvgIpc) is 2.15. The minimum atomic E-state index is 0.247. The molecular formula is C13H21NO2. The lowest BCUT2D eigenvalue weighted by molar-refractivity contribution is -0.128. The van der Waals surface area contributed by atoms with Crippen LogP contribution in [0.25, 0.3) is 0 Å². The van der Waals surface area contributed by atoms with Gasteiger partial charge in [-0.15, -0.1) is 0 Å². The molecule has 0 radical (unpaired) electrons. The molecule has 2 fully saturated rings. The van der Waals surface area contributed by atoms with E-state index in [1.807, 2.05) is 0 Å². The summed E-state index contributed by atoms with van der Waals surface area (Å²) in [5, 5.41) is 3.13. The highest BCUT2D eigenvalue weighted by molar-refractivity contribution is 5.80. The van der Waals surface area contributed by atoms with Crippen molar-refractivity contribution in [1.82, 2.24) is 5.32 Å². The van der Waals surface area contributed by atoms with Crippen molar-refractivity contribution in [3.05, 3.63) is 0 Å². The van der Waals surface area contributed by atoms with Gasteiger partial charge in [-0.25, -0.2) is 0 Å². The van der Waals surface area contributed by atoms with E-state index in [2.05, 4.69) is 5.32 Å². The van der Waals surface area contributed by atoms with E-state index in [0.717, 1.165) is 38.5 Å². The number of carbonyl (C=O) groups excluding carboxylic acids is 2. The highest BCUT2D eigenvalue weighted by Crippen LogP contribution is 2.28. The summed E-state index contributed by atoms with van der Waals surface area (Å²) in [4.78, 5) is 22.9. The summed E-state index contributed by atoms with van der Waals surface area (Å²) in [6, 6.07) is 0.323. The SMILES string of the molecule is CC(=O)[C@H]1CC[C@H](NC(=O)C2CCC2)CC1. The van der Waals surface area contributed by atoms with Gasteiger partial charge in [0.15, 0.2) is 0 Å². The molecule has 0 spiro atoms. The van der Waals surface area contributed by atoms with Crippen LogP contribution in [0.2, 0.25) is 0 Å². The number of amides is 1. The zero-order valence-electron chi connectivity index (χ0n) is 10.00. The molecule has 16 heavy (non-hydrogen) atoms. The van der Waals surface area contributed by atoms with Crippen molar-refractivity contribution in [1.29, 1.82) is 0 Å². The number of carbonyl (C=O) groups is 2. The van der Waals surface area contributed by atoms with Gasteiger partial charge in [-0.05, 0) is 45.4 Å². The van der Waals surface area contributed by atoms with Crippen LogP contribution in [0.5, 0.6) is 0 Å². The molecule has 2 aliphatic carbocycles. The number of nitrogens with one attached hydrogen (secondary N) is 1. The minimum Gasteiger partial charge on any atom is -0.353 e. The van der Waals surface area contributed by atoms with Crippen molar-refractivity contribution in [2.24, 2.45) is 11.8 Å². The fourth-order valence-corrected chi connectivity index (χ4v) is 2.63. The van der Waals surface area contributed by atoms with Gasteiger partial charge in [-0.1, -0.05) is 6.42 Å². The maximum absolute atomic E-state index is 11.7. The summed E-state index contributed by atoms with van der Waals surface area (Å²) >= 11 is 0. The first-order valence-electron chi connectivity index (χ1n) is 6.47. The van der Waals surface area contributed by atoms with Crippen LogP contribution in [-0.2, 0) is 9.59 Å². The third-order valence-corrected chi connectivity index (χ3v) is 4.12. The summed E-state index contributed by atoms with van der Waals surface area (Å²) < 4.78 is 0. The van der Waals surface area contributed by atoms with Crippen molar-refractivity contribution in [3.8, 4) is 0 Å². The van der Waals surface area contributed by atoms with Crippen molar-refractivity contribution < 1.29 is 9.59 Å². The Labute approximate surface area is 97.0 Å². The van der Waals surface area contributed by atoms with Crippen LogP contribution in [-0.4, -0.2) is 17.7 Å². The van der Waals surface area contributed by atoms with E-state index in [-0.39, 0.29) is 17.7 Å². The van der Waals surface area contributed by atoms with Crippen LogP contribution >= 0.6 is 0 Å². The first kappa shape index (κ1) is 11.6. The molecule has 0 atom stereocenters. The van der Waals surface area contributed by atoms with E-state index in [1.54, 1.807) is 6.92 Å². The summed E-state index contributed by atoms with van der Waals surface area (Å²) in [5.74, 6) is 1.09. The fourth-order valence-electron chi connectivity index (χ4n) is 2.63. The summed E-state index contributed by atoms with van der Waals surface area (Å²) in [5.41, 5.74) is 0. The van der Waals surface area contributed by atoms with Crippen molar-refractivity contribution >= 4 is 11.7 Å². The second-order valence-electron chi connectivity index (χ2n) is 5.30. The third kappa shape index (κ3) is 2.63. The van der Waals surface area contributed by atoms with Gasteiger partial charge in [0, 0.05) is 17.9 Å².